The Morgan fingerprint density at radius 2 is 1.64 bits per heavy atom. The van der Waals surface area contributed by atoms with E-state index in [4.69, 9.17) is 0 Å². The number of carbonyl (C=O) groups excluding carboxylic acids is 2. The summed E-state index contributed by atoms with van der Waals surface area (Å²) in [5, 5.41) is 14.4. The van der Waals surface area contributed by atoms with Crippen molar-refractivity contribution in [3.63, 3.8) is 0 Å². The number of nitrogens with zero attached hydrogens (tertiary/aromatic N) is 3. The van der Waals surface area contributed by atoms with Gasteiger partial charge in [-0.25, -0.2) is 4.79 Å². The molecule has 3 amide bonds. The van der Waals surface area contributed by atoms with Crippen LogP contribution in [0.25, 0.3) is 0 Å². The first-order valence-corrected chi connectivity index (χ1v) is 11.0. The number of likely N-dealkylation sites (tertiary alicyclic amines) is 1. The zero-order valence-corrected chi connectivity index (χ0v) is 18.1. The number of aromatic nitrogens is 2. The van der Waals surface area contributed by atoms with E-state index < -0.39 is 17.8 Å². The molecule has 1 aromatic heterocycles. The number of urea groups is 1. The van der Waals surface area contributed by atoms with Gasteiger partial charge < -0.3 is 15.5 Å². The van der Waals surface area contributed by atoms with Crippen molar-refractivity contribution < 1.29 is 22.8 Å². The van der Waals surface area contributed by atoms with Crippen LogP contribution in [0.1, 0.15) is 39.1 Å². The summed E-state index contributed by atoms with van der Waals surface area (Å²) in [6, 6.07) is 13.1. The summed E-state index contributed by atoms with van der Waals surface area (Å²) in [6.07, 6.45) is -3.24. The van der Waals surface area contributed by atoms with Crippen LogP contribution in [0.2, 0.25) is 0 Å². The highest BCUT2D eigenvalue weighted by Gasteiger charge is 2.31. The Hall–Kier alpha value is -3.47. The lowest BCUT2D eigenvalue weighted by Crippen LogP contribution is -2.40. The Labute approximate surface area is 191 Å². The molecule has 172 valence electrons. The average Bonchev–Trinajstić information content (AvgIpc) is 3.30. The molecule has 2 aromatic carbocycles. The lowest BCUT2D eigenvalue weighted by atomic mass is 9.98. The number of anilines is 2. The number of amides is 3. The third kappa shape index (κ3) is 5.67. The highest BCUT2D eigenvalue weighted by atomic mass is 32.1. The van der Waals surface area contributed by atoms with E-state index >= 15 is 0 Å². The van der Waals surface area contributed by atoms with E-state index in [1.807, 2.05) is 18.2 Å². The van der Waals surface area contributed by atoms with Gasteiger partial charge >= 0.3 is 12.2 Å². The Kier molecular flexibility index (Phi) is 6.59. The third-order valence-electron chi connectivity index (χ3n) is 5.24. The molecule has 7 nitrogen and oxygen atoms in total. The van der Waals surface area contributed by atoms with E-state index in [0.29, 0.717) is 31.6 Å². The molecule has 33 heavy (non-hydrogen) atoms. The number of nitrogens with one attached hydrogen (secondary N) is 2. The number of hydrogen-bond donors (Lipinski definition) is 2. The Bertz CT molecular complexity index is 1130. The predicted octanol–water partition coefficient (Wildman–Crippen LogP) is 5.22. The molecular weight excluding hydrogens is 455 g/mol. The van der Waals surface area contributed by atoms with Gasteiger partial charge in [0.15, 0.2) is 0 Å². The molecule has 0 aliphatic carbocycles. The third-order valence-corrected chi connectivity index (χ3v) is 6.32. The van der Waals surface area contributed by atoms with Gasteiger partial charge in [0, 0.05) is 30.4 Å². The van der Waals surface area contributed by atoms with Crippen LogP contribution in [0.5, 0.6) is 0 Å². The summed E-state index contributed by atoms with van der Waals surface area (Å²) in [4.78, 5) is 26.4. The lowest BCUT2D eigenvalue weighted by Gasteiger charge is -2.31. The number of rotatable bonds is 4. The smallest absolute Gasteiger partial charge is 0.324 e. The fourth-order valence-electron chi connectivity index (χ4n) is 3.50. The predicted molar refractivity (Wildman–Crippen MR) is 118 cm³/mol. The topological polar surface area (TPSA) is 87.2 Å². The molecule has 0 atom stereocenters. The summed E-state index contributed by atoms with van der Waals surface area (Å²) in [5.74, 6) is -0.277. The molecule has 3 aromatic rings. The molecule has 0 radical (unpaired) electrons. The van der Waals surface area contributed by atoms with Crippen LogP contribution in [0.3, 0.4) is 0 Å². The van der Waals surface area contributed by atoms with Crippen molar-refractivity contribution in [1.82, 2.24) is 15.1 Å². The van der Waals surface area contributed by atoms with E-state index in [0.717, 1.165) is 17.1 Å². The molecule has 0 spiro atoms. The molecule has 11 heteroatoms. The van der Waals surface area contributed by atoms with Gasteiger partial charge in [-0.2, -0.15) is 13.2 Å². The van der Waals surface area contributed by atoms with E-state index in [-0.39, 0.29) is 22.5 Å². The Balaban J connectivity index is 1.31. The maximum absolute atomic E-state index is 12.9. The molecule has 2 heterocycles. The van der Waals surface area contributed by atoms with Gasteiger partial charge in [-0.15, -0.1) is 10.2 Å². The van der Waals surface area contributed by atoms with E-state index in [9.17, 15) is 22.8 Å². The van der Waals surface area contributed by atoms with Gasteiger partial charge in [-0.05, 0) is 43.2 Å². The SMILES string of the molecule is O=C(Nc1ccccc1)c1nnc(C2CCN(C(=O)Nc3cccc(C(F)(F)F)c3)CC2)s1. The number of para-hydroxylation sites is 1. The second kappa shape index (κ2) is 9.57. The second-order valence-corrected chi connectivity index (χ2v) is 8.54. The Morgan fingerprint density at radius 1 is 0.939 bits per heavy atom. The highest BCUT2D eigenvalue weighted by molar-refractivity contribution is 7.13. The minimum Gasteiger partial charge on any atom is -0.324 e. The molecule has 1 saturated heterocycles. The van der Waals surface area contributed by atoms with E-state index in [2.05, 4.69) is 20.8 Å². The average molecular weight is 475 g/mol. The van der Waals surface area contributed by atoms with E-state index in [1.54, 1.807) is 17.0 Å². The summed E-state index contributed by atoms with van der Waals surface area (Å²) < 4.78 is 38.6. The van der Waals surface area contributed by atoms with Crippen molar-refractivity contribution in [2.75, 3.05) is 23.7 Å². The molecule has 0 unspecified atom stereocenters. The van der Waals surface area contributed by atoms with Crippen LogP contribution in [0.4, 0.5) is 29.3 Å². The first kappa shape index (κ1) is 22.7. The zero-order valence-electron chi connectivity index (χ0n) is 17.3. The number of piperidine rings is 1. The fraction of sp³-hybridized carbons (Fsp3) is 0.273. The summed E-state index contributed by atoms with van der Waals surface area (Å²) in [5.41, 5.74) is -0.0585. The molecule has 1 fully saturated rings. The summed E-state index contributed by atoms with van der Waals surface area (Å²) in [6.45, 7) is 0.834. The van der Waals surface area contributed by atoms with Crippen LogP contribution in [-0.4, -0.2) is 40.1 Å². The minimum absolute atomic E-state index is 0.0541. The molecule has 0 saturated carbocycles. The molecule has 1 aliphatic heterocycles. The summed E-state index contributed by atoms with van der Waals surface area (Å²) >= 11 is 1.22. The number of benzene rings is 2. The largest absolute Gasteiger partial charge is 0.416 e. The van der Waals surface area contributed by atoms with Crippen LogP contribution < -0.4 is 10.6 Å². The van der Waals surface area contributed by atoms with E-state index in [1.165, 1.54) is 23.5 Å². The quantitative estimate of drug-likeness (QED) is 0.542. The normalized spacial score (nSPS) is 14.7. The van der Waals surface area contributed by atoms with Crippen molar-refractivity contribution in [2.45, 2.75) is 24.9 Å². The molecule has 2 N–H and O–H groups in total. The van der Waals surface area contributed by atoms with Gasteiger partial charge in [0.2, 0.25) is 5.01 Å². The van der Waals surface area contributed by atoms with Crippen molar-refractivity contribution in [3.8, 4) is 0 Å². The summed E-state index contributed by atoms with van der Waals surface area (Å²) in [7, 11) is 0. The van der Waals surface area contributed by atoms with Gasteiger partial charge in [0.1, 0.15) is 5.01 Å². The maximum atomic E-state index is 12.9. The van der Waals surface area contributed by atoms with Gasteiger partial charge in [0.25, 0.3) is 5.91 Å². The number of carbonyl (C=O) groups is 2. The first-order valence-electron chi connectivity index (χ1n) is 10.2. The van der Waals surface area contributed by atoms with Crippen molar-refractivity contribution in [1.29, 1.82) is 0 Å². The second-order valence-electron chi connectivity index (χ2n) is 7.54. The number of halogens is 3. The standard InChI is InChI=1S/C22H20F3N5O2S/c23-22(24,25)15-5-4-8-17(13-15)27-21(32)30-11-9-14(10-12-30)19-28-29-20(33-19)18(31)26-16-6-2-1-3-7-16/h1-8,13-14H,9-12H2,(H,26,31)(H,27,32). The fourth-order valence-corrected chi connectivity index (χ4v) is 4.41. The highest BCUT2D eigenvalue weighted by Crippen LogP contribution is 2.32. The minimum atomic E-state index is -4.47. The molecule has 4 rings (SSSR count). The zero-order chi connectivity index (χ0) is 23.4. The monoisotopic (exact) mass is 475 g/mol. The molecular formula is C22H20F3N5O2S. The van der Waals surface area contributed by atoms with Gasteiger partial charge in [0.05, 0.1) is 5.56 Å². The van der Waals surface area contributed by atoms with Crippen molar-refractivity contribution in [2.24, 2.45) is 0 Å². The van der Waals surface area contributed by atoms with Gasteiger partial charge in [-0.3, -0.25) is 4.79 Å². The van der Waals surface area contributed by atoms with Gasteiger partial charge in [-0.1, -0.05) is 35.6 Å². The van der Waals surface area contributed by atoms with Crippen LogP contribution in [-0.2, 0) is 6.18 Å². The maximum Gasteiger partial charge on any atom is 0.416 e. The first-order chi connectivity index (χ1) is 15.8. The molecule has 1 aliphatic rings. The number of hydrogen-bond acceptors (Lipinski definition) is 5. The van der Waals surface area contributed by atoms with Crippen molar-refractivity contribution in [3.05, 3.63) is 70.2 Å². The van der Waals surface area contributed by atoms with Crippen LogP contribution in [0.15, 0.2) is 54.6 Å². The number of alkyl halides is 3. The van der Waals surface area contributed by atoms with Crippen LogP contribution in [0, 0.1) is 0 Å². The Morgan fingerprint density at radius 3 is 2.33 bits per heavy atom. The van der Waals surface area contributed by atoms with Crippen LogP contribution >= 0.6 is 11.3 Å². The lowest BCUT2D eigenvalue weighted by molar-refractivity contribution is -0.137. The molecule has 0 bridgehead atoms. The van der Waals surface area contributed by atoms with Crippen molar-refractivity contribution >= 4 is 34.6 Å².